The van der Waals surface area contributed by atoms with Crippen molar-refractivity contribution in [1.29, 1.82) is 0 Å². The Labute approximate surface area is 164 Å². The van der Waals surface area contributed by atoms with Gasteiger partial charge in [-0.15, -0.1) is 0 Å². The number of para-hydroxylation sites is 2. The second-order valence-electron chi connectivity index (χ2n) is 6.84. The Morgan fingerprint density at radius 3 is 2.54 bits per heavy atom. The number of methoxy groups -OCH3 is 1. The lowest BCUT2D eigenvalue weighted by molar-refractivity contribution is 0.0501. The van der Waals surface area contributed by atoms with Crippen molar-refractivity contribution in [2.24, 2.45) is 0 Å². The highest BCUT2D eigenvalue weighted by Gasteiger charge is 2.24. The zero-order valence-electron chi connectivity index (χ0n) is 16.6. The number of nitrogen functional groups attached to an aromatic ring is 1. The van der Waals surface area contributed by atoms with E-state index in [2.05, 4.69) is 11.9 Å². The van der Waals surface area contributed by atoms with Crippen LogP contribution in [0.15, 0.2) is 24.3 Å². The number of nitrogens with two attached hydrogens (primary N) is 1. The predicted molar refractivity (Wildman–Crippen MR) is 110 cm³/mol. The van der Waals surface area contributed by atoms with E-state index in [4.69, 9.17) is 20.2 Å². The molecule has 0 radical (unpaired) electrons. The van der Waals surface area contributed by atoms with E-state index in [1.165, 1.54) is 0 Å². The van der Waals surface area contributed by atoms with Crippen LogP contribution in [-0.4, -0.2) is 40.8 Å². The van der Waals surface area contributed by atoms with Crippen LogP contribution in [0.5, 0.6) is 0 Å². The van der Waals surface area contributed by atoms with Gasteiger partial charge in [-0.05, 0) is 25.0 Å². The highest BCUT2D eigenvalue weighted by atomic mass is 16.5. The second-order valence-corrected chi connectivity index (χ2v) is 6.84. The number of aryl methyl sites for hydroxylation is 1. The van der Waals surface area contributed by atoms with Gasteiger partial charge in [0, 0.05) is 20.3 Å². The van der Waals surface area contributed by atoms with Gasteiger partial charge in [0.2, 0.25) is 0 Å². The van der Waals surface area contributed by atoms with Gasteiger partial charge in [-0.2, -0.15) is 0 Å². The van der Waals surface area contributed by atoms with Crippen LogP contribution in [0.3, 0.4) is 0 Å². The summed E-state index contributed by atoms with van der Waals surface area (Å²) in [5, 5.41) is 0. The summed E-state index contributed by atoms with van der Waals surface area (Å²) in [4.78, 5) is 22.2. The van der Waals surface area contributed by atoms with Crippen LogP contribution in [-0.2, 0) is 16.0 Å². The number of hydrogen-bond donors (Lipinski definition) is 1. The molecule has 0 fully saturated rings. The molecule has 0 aliphatic heterocycles. The highest BCUT2D eigenvalue weighted by molar-refractivity contribution is 6.08. The molecule has 3 aromatic rings. The highest BCUT2D eigenvalue weighted by Crippen LogP contribution is 2.28. The lowest BCUT2D eigenvalue weighted by atomic mass is 10.2. The number of hydrogen-bond acceptors (Lipinski definition) is 6. The number of unbranched alkanes of at least 4 members (excludes halogenated alkanes) is 3. The summed E-state index contributed by atoms with van der Waals surface area (Å²) in [5.41, 5.74) is 9.24. The van der Waals surface area contributed by atoms with Gasteiger partial charge in [0.25, 0.3) is 0 Å². The van der Waals surface area contributed by atoms with Gasteiger partial charge < -0.3 is 19.8 Å². The lowest BCUT2D eigenvalue weighted by Crippen LogP contribution is -2.11. The molecule has 0 unspecified atom stereocenters. The number of rotatable bonds is 10. The van der Waals surface area contributed by atoms with Crippen molar-refractivity contribution in [2.75, 3.05) is 26.1 Å². The van der Waals surface area contributed by atoms with Crippen molar-refractivity contribution >= 4 is 34.0 Å². The van der Waals surface area contributed by atoms with E-state index in [0.29, 0.717) is 42.3 Å². The fraction of sp³-hybridized carbons (Fsp3) is 0.476. The van der Waals surface area contributed by atoms with Crippen molar-refractivity contribution in [1.82, 2.24) is 14.5 Å². The molecule has 0 aliphatic rings. The summed E-state index contributed by atoms with van der Waals surface area (Å²) < 4.78 is 12.5. The molecule has 2 heterocycles. The summed E-state index contributed by atoms with van der Waals surface area (Å²) in [6.07, 6.45) is 4.92. The van der Waals surface area contributed by atoms with Gasteiger partial charge >= 0.3 is 5.97 Å². The van der Waals surface area contributed by atoms with Crippen molar-refractivity contribution in [3.05, 3.63) is 29.8 Å². The first-order chi connectivity index (χ1) is 13.7. The number of anilines is 1. The van der Waals surface area contributed by atoms with Crippen molar-refractivity contribution in [3.63, 3.8) is 0 Å². The van der Waals surface area contributed by atoms with Crippen molar-refractivity contribution in [2.45, 2.75) is 45.6 Å². The van der Waals surface area contributed by atoms with Crippen LogP contribution in [0.2, 0.25) is 0 Å². The topological polar surface area (TPSA) is 92.3 Å². The van der Waals surface area contributed by atoms with E-state index in [9.17, 15) is 4.79 Å². The third-order valence-corrected chi connectivity index (χ3v) is 4.76. The molecule has 2 aromatic heterocycles. The standard InChI is InChI=1S/C21H28N4O3/c1-3-4-5-8-14-28-21(26)17-18-20(25(19(17)22)12-9-13-27-2)24-16-11-7-6-10-15(16)23-18/h6-7,10-11H,3-5,8-9,12-14,22H2,1-2H3. The van der Waals surface area contributed by atoms with Crippen LogP contribution < -0.4 is 5.73 Å². The number of ether oxygens (including phenoxy) is 2. The predicted octanol–water partition coefficient (Wildman–Crippen LogP) is 3.94. The zero-order valence-corrected chi connectivity index (χ0v) is 16.6. The Morgan fingerprint density at radius 2 is 1.82 bits per heavy atom. The smallest absolute Gasteiger partial charge is 0.344 e. The van der Waals surface area contributed by atoms with Crippen LogP contribution in [0, 0.1) is 0 Å². The summed E-state index contributed by atoms with van der Waals surface area (Å²) in [5.74, 6) is -0.0889. The van der Waals surface area contributed by atoms with E-state index >= 15 is 0 Å². The van der Waals surface area contributed by atoms with Crippen LogP contribution in [0.4, 0.5) is 5.82 Å². The monoisotopic (exact) mass is 384 g/mol. The van der Waals surface area contributed by atoms with Crippen molar-refractivity contribution < 1.29 is 14.3 Å². The largest absolute Gasteiger partial charge is 0.462 e. The minimum absolute atomic E-state index is 0.307. The quantitative estimate of drug-likeness (QED) is 0.420. The number of esters is 1. The summed E-state index contributed by atoms with van der Waals surface area (Å²) >= 11 is 0. The van der Waals surface area contributed by atoms with Gasteiger partial charge in [0.1, 0.15) is 16.9 Å². The molecule has 0 bridgehead atoms. The molecule has 0 spiro atoms. The van der Waals surface area contributed by atoms with E-state index < -0.39 is 5.97 Å². The number of carbonyl (C=O) groups is 1. The Bertz CT molecular complexity index is 952. The minimum Gasteiger partial charge on any atom is -0.462 e. The van der Waals surface area contributed by atoms with Gasteiger partial charge in [0.05, 0.1) is 17.6 Å². The maximum Gasteiger partial charge on any atom is 0.344 e. The Kier molecular flexibility index (Phi) is 6.81. The second kappa shape index (κ2) is 9.50. The van der Waals surface area contributed by atoms with E-state index in [1.807, 2.05) is 28.8 Å². The fourth-order valence-electron chi connectivity index (χ4n) is 3.28. The van der Waals surface area contributed by atoms with E-state index in [-0.39, 0.29) is 0 Å². The SMILES string of the molecule is CCCCCCOC(=O)c1c(N)n(CCCOC)c2nc3ccccc3nc12. The van der Waals surface area contributed by atoms with Gasteiger partial charge in [0.15, 0.2) is 5.65 Å². The normalized spacial score (nSPS) is 11.4. The van der Waals surface area contributed by atoms with Gasteiger partial charge in [-0.25, -0.2) is 14.8 Å². The average molecular weight is 384 g/mol. The summed E-state index contributed by atoms with van der Waals surface area (Å²) in [7, 11) is 1.66. The number of nitrogens with zero attached hydrogens (tertiary/aromatic N) is 3. The van der Waals surface area contributed by atoms with Gasteiger partial charge in [-0.1, -0.05) is 38.3 Å². The molecular weight excluding hydrogens is 356 g/mol. The molecule has 0 aliphatic carbocycles. The maximum atomic E-state index is 12.8. The molecule has 2 N–H and O–H groups in total. The Balaban J connectivity index is 1.96. The van der Waals surface area contributed by atoms with Crippen LogP contribution in [0.25, 0.3) is 22.2 Å². The molecule has 0 atom stereocenters. The van der Waals surface area contributed by atoms with Gasteiger partial charge in [-0.3, -0.25) is 0 Å². The molecule has 1 aromatic carbocycles. The summed E-state index contributed by atoms with van der Waals surface area (Å²) in [6, 6.07) is 7.58. The van der Waals surface area contributed by atoms with Crippen molar-refractivity contribution in [3.8, 4) is 0 Å². The van der Waals surface area contributed by atoms with Crippen LogP contribution in [0.1, 0.15) is 49.4 Å². The zero-order chi connectivity index (χ0) is 19.9. The number of benzene rings is 1. The molecule has 150 valence electrons. The number of carbonyl (C=O) groups excluding carboxylic acids is 1. The summed E-state index contributed by atoms with van der Waals surface area (Å²) in [6.45, 7) is 3.72. The molecule has 28 heavy (non-hydrogen) atoms. The molecule has 7 nitrogen and oxygen atoms in total. The Hall–Kier alpha value is -2.67. The Morgan fingerprint density at radius 1 is 1.07 bits per heavy atom. The lowest BCUT2D eigenvalue weighted by Gasteiger charge is -2.07. The number of fused-ring (bicyclic) bond motifs is 2. The molecule has 0 saturated carbocycles. The average Bonchev–Trinajstić information content (AvgIpc) is 2.97. The van der Waals surface area contributed by atoms with E-state index in [1.54, 1.807) is 7.11 Å². The molecule has 0 amide bonds. The minimum atomic E-state index is -0.436. The first kappa shape index (κ1) is 20.1. The molecule has 3 rings (SSSR count). The maximum absolute atomic E-state index is 12.8. The molecule has 7 heteroatoms. The van der Waals surface area contributed by atoms with Crippen LogP contribution >= 0.6 is 0 Å². The molecule has 0 saturated heterocycles. The fourth-order valence-corrected chi connectivity index (χ4v) is 3.28. The van der Waals surface area contributed by atoms with E-state index in [0.717, 1.165) is 43.1 Å². The number of aromatic nitrogens is 3. The molecular formula is C21H28N4O3. The first-order valence-electron chi connectivity index (χ1n) is 9.87. The third-order valence-electron chi connectivity index (χ3n) is 4.76. The third kappa shape index (κ3) is 4.25. The first-order valence-corrected chi connectivity index (χ1v) is 9.87.